The van der Waals surface area contributed by atoms with E-state index in [0.717, 1.165) is 44.6 Å². The molecule has 0 saturated carbocycles. The number of phenols is 1. The van der Waals surface area contributed by atoms with Crippen molar-refractivity contribution in [2.45, 2.75) is 25.4 Å². The molecule has 2 bridgehead atoms. The maximum Gasteiger partial charge on any atom is 0.254 e. The van der Waals surface area contributed by atoms with Gasteiger partial charge >= 0.3 is 0 Å². The maximum atomic E-state index is 13.2. The summed E-state index contributed by atoms with van der Waals surface area (Å²) in [4.78, 5) is 17.4. The number of hydrogen-bond acceptors (Lipinski definition) is 4. The molecule has 2 aromatic rings. The normalized spacial score (nSPS) is 22.1. The van der Waals surface area contributed by atoms with Crippen molar-refractivity contribution in [1.82, 2.24) is 9.80 Å². The number of rotatable bonds is 4. The molecule has 28 heavy (non-hydrogen) atoms. The highest BCUT2D eigenvalue weighted by molar-refractivity contribution is 5.95. The molecule has 3 aliphatic heterocycles. The zero-order valence-electron chi connectivity index (χ0n) is 16.0. The lowest BCUT2D eigenvalue weighted by Crippen LogP contribution is -2.47. The first-order valence-electron chi connectivity index (χ1n) is 9.68. The van der Waals surface area contributed by atoms with Gasteiger partial charge in [-0.05, 0) is 54.7 Å². The summed E-state index contributed by atoms with van der Waals surface area (Å²) < 4.78 is 18.2. The molecule has 5 nitrogen and oxygen atoms in total. The minimum Gasteiger partial charge on any atom is -0.504 e. The van der Waals surface area contributed by atoms with Crippen LogP contribution in [0, 0.1) is 11.7 Å². The van der Waals surface area contributed by atoms with Gasteiger partial charge in [-0.15, -0.1) is 0 Å². The zero-order chi connectivity index (χ0) is 19.7. The van der Waals surface area contributed by atoms with Crippen molar-refractivity contribution in [2.75, 3.05) is 26.7 Å². The quantitative estimate of drug-likeness (QED) is 0.879. The minimum atomic E-state index is -0.223. The Kier molecular flexibility index (Phi) is 5.22. The molecule has 3 saturated heterocycles. The first-order chi connectivity index (χ1) is 13.5. The SMILES string of the molecule is COc1ccc(C(=O)N2C[C@H]3CC[C@@H]2CN(Cc2ccc(F)cc2)C3)cc1O. The first kappa shape index (κ1) is 18.7. The zero-order valence-corrected chi connectivity index (χ0v) is 16.0. The lowest BCUT2D eigenvalue weighted by atomic mass is 9.94. The molecule has 6 heteroatoms. The van der Waals surface area contributed by atoms with E-state index in [1.54, 1.807) is 12.1 Å². The first-order valence-corrected chi connectivity index (χ1v) is 9.68. The van der Waals surface area contributed by atoms with Gasteiger partial charge in [0, 0.05) is 37.8 Å². The molecule has 0 unspecified atom stereocenters. The van der Waals surface area contributed by atoms with Crippen LogP contribution in [0.15, 0.2) is 42.5 Å². The summed E-state index contributed by atoms with van der Waals surface area (Å²) in [5, 5.41) is 10.0. The third-order valence-corrected chi connectivity index (χ3v) is 5.80. The number of piperidine rings is 1. The largest absolute Gasteiger partial charge is 0.504 e. The fourth-order valence-electron chi connectivity index (χ4n) is 4.39. The molecule has 0 spiro atoms. The monoisotopic (exact) mass is 384 g/mol. The number of ether oxygens (including phenoxy) is 1. The van der Waals surface area contributed by atoms with E-state index in [4.69, 9.17) is 4.74 Å². The second kappa shape index (κ2) is 7.80. The van der Waals surface area contributed by atoms with Crippen LogP contribution in [0.2, 0.25) is 0 Å². The summed E-state index contributed by atoms with van der Waals surface area (Å²) in [6.07, 6.45) is 2.10. The van der Waals surface area contributed by atoms with E-state index >= 15 is 0 Å². The number of amides is 1. The fraction of sp³-hybridized carbons (Fsp3) is 0.409. The van der Waals surface area contributed by atoms with Crippen LogP contribution in [0.3, 0.4) is 0 Å². The predicted octanol–water partition coefficient (Wildman–Crippen LogP) is 3.28. The van der Waals surface area contributed by atoms with E-state index in [-0.39, 0.29) is 23.5 Å². The molecule has 5 rings (SSSR count). The van der Waals surface area contributed by atoms with Gasteiger partial charge in [0.15, 0.2) is 11.5 Å². The lowest BCUT2D eigenvalue weighted by molar-refractivity contribution is 0.0584. The van der Waals surface area contributed by atoms with Gasteiger partial charge in [-0.2, -0.15) is 0 Å². The molecule has 3 fully saturated rings. The molecular formula is C22H25FN2O3. The van der Waals surface area contributed by atoms with Crippen molar-refractivity contribution in [3.63, 3.8) is 0 Å². The van der Waals surface area contributed by atoms with E-state index in [0.29, 0.717) is 17.2 Å². The molecule has 0 radical (unpaired) electrons. The Bertz CT molecular complexity index is 855. The van der Waals surface area contributed by atoms with Gasteiger partial charge in [0.25, 0.3) is 5.91 Å². The standard InChI is InChI=1S/C22H25FN2O3/c1-28-21-9-5-17(10-20(21)26)22(27)25-13-16-4-8-19(25)14-24(12-16)11-15-2-6-18(23)7-3-15/h2-3,5-7,9-10,16,19,26H,4,8,11-14H2,1H3/t16-,19+/m0/s1. The Hall–Kier alpha value is -2.60. The minimum absolute atomic E-state index is 0.0220. The van der Waals surface area contributed by atoms with Gasteiger partial charge in [0.1, 0.15) is 5.82 Å². The number of carbonyl (C=O) groups excluding carboxylic acids is 1. The molecule has 2 aromatic carbocycles. The Morgan fingerprint density at radius 3 is 2.64 bits per heavy atom. The number of nitrogens with zero attached hydrogens (tertiary/aromatic N) is 2. The van der Waals surface area contributed by atoms with E-state index in [1.807, 2.05) is 17.0 Å². The number of aromatic hydroxyl groups is 1. The van der Waals surface area contributed by atoms with Crippen LogP contribution in [0.1, 0.15) is 28.8 Å². The topological polar surface area (TPSA) is 53.0 Å². The summed E-state index contributed by atoms with van der Waals surface area (Å²) in [6, 6.07) is 11.6. The highest BCUT2D eigenvalue weighted by Gasteiger charge is 2.37. The molecule has 0 aliphatic carbocycles. The van der Waals surface area contributed by atoms with Crippen LogP contribution in [0.4, 0.5) is 4.39 Å². The van der Waals surface area contributed by atoms with Gasteiger partial charge in [0.05, 0.1) is 7.11 Å². The van der Waals surface area contributed by atoms with Crippen LogP contribution in [-0.2, 0) is 6.54 Å². The van der Waals surface area contributed by atoms with Crippen LogP contribution >= 0.6 is 0 Å². The molecular weight excluding hydrogens is 359 g/mol. The summed E-state index contributed by atoms with van der Waals surface area (Å²) >= 11 is 0. The molecule has 3 heterocycles. The summed E-state index contributed by atoms with van der Waals surface area (Å²) in [5.74, 6) is 0.496. The summed E-state index contributed by atoms with van der Waals surface area (Å²) in [6.45, 7) is 3.24. The summed E-state index contributed by atoms with van der Waals surface area (Å²) in [5.41, 5.74) is 1.57. The highest BCUT2D eigenvalue weighted by Crippen LogP contribution is 2.32. The number of methoxy groups -OCH3 is 1. The molecule has 1 N–H and O–H groups in total. The van der Waals surface area contributed by atoms with Crippen LogP contribution in [0.5, 0.6) is 11.5 Å². The third-order valence-electron chi connectivity index (χ3n) is 5.80. The van der Waals surface area contributed by atoms with E-state index in [1.165, 1.54) is 25.3 Å². The lowest BCUT2D eigenvalue weighted by Gasteiger charge is -2.36. The van der Waals surface area contributed by atoms with Gasteiger partial charge in [-0.3, -0.25) is 9.69 Å². The third kappa shape index (κ3) is 3.83. The van der Waals surface area contributed by atoms with Crippen molar-refractivity contribution >= 4 is 5.91 Å². The predicted molar refractivity (Wildman–Crippen MR) is 104 cm³/mol. The number of carbonyl (C=O) groups is 1. The smallest absolute Gasteiger partial charge is 0.254 e. The van der Waals surface area contributed by atoms with Crippen molar-refractivity contribution < 1.29 is 19.0 Å². The van der Waals surface area contributed by atoms with Crippen molar-refractivity contribution in [3.8, 4) is 11.5 Å². The Morgan fingerprint density at radius 2 is 1.93 bits per heavy atom. The molecule has 0 aromatic heterocycles. The number of fused-ring (bicyclic) bond motifs is 4. The second-order valence-electron chi connectivity index (χ2n) is 7.76. The Balaban J connectivity index is 1.49. The molecule has 1 amide bonds. The highest BCUT2D eigenvalue weighted by atomic mass is 19.1. The average molecular weight is 384 g/mol. The number of hydrogen-bond donors (Lipinski definition) is 1. The second-order valence-corrected chi connectivity index (χ2v) is 7.76. The van der Waals surface area contributed by atoms with Crippen LogP contribution in [0.25, 0.3) is 0 Å². The maximum absolute atomic E-state index is 13.2. The molecule has 2 atom stereocenters. The van der Waals surface area contributed by atoms with E-state index in [2.05, 4.69) is 4.90 Å². The van der Waals surface area contributed by atoms with Crippen LogP contribution in [-0.4, -0.2) is 53.6 Å². The van der Waals surface area contributed by atoms with Gasteiger partial charge in [0.2, 0.25) is 0 Å². The average Bonchev–Trinajstić information content (AvgIpc) is 2.99. The number of benzene rings is 2. The Labute approximate surface area is 164 Å². The van der Waals surface area contributed by atoms with Gasteiger partial charge in [-0.25, -0.2) is 4.39 Å². The molecule has 3 aliphatic rings. The van der Waals surface area contributed by atoms with Gasteiger partial charge < -0.3 is 14.7 Å². The summed E-state index contributed by atoms with van der Waals surface area (Å²) in [7, 11) is 1.49. The Morgan fingerprint density at radius 1 is 1.14 bits per heavy atom. The fourth-order valence-corrected chi connectivity index (χ4v) is 4.39. The van der Waals surface area contributed by atoms with Crippen LogP contribution < -0.4 is 4.74 Å². The van der Waals surface area contributed by atoms with Gasteiger partial charge in [-0.1, -0.05) is 12.1 Å². The van der Waals surface area contributed by atoms with Crippen molar-refractivity contribution in [2.24, 2.45) is 5.92 Å². The van der Waals surface area contributed by atoms with Crippen molar-refractivity contribution in [1.29, 1.82) is 0 Å². The van der Waals surface area contributed by atoms with E-state index < -0.39 is 0 Å². The number of phenolic OH excluding ortho intramolecular Hbond substituents is 1. The molecule has 148 valence electrons. The van der Waals surface area contributed by atoms with Crippen molar-refractivity contribution in [3.05, 3.63) is 59.4 Å². The van der Waals surface area contributed by atoms with E-state index in [9.17, 15) is 14.3 Å². The number of halogens is 1.